The number of hydrogen-bond acceptors (Lipinski definition) is 3. The first-order valence-corrected chi connectivity index (χ1v) is 8.66. The third-order valence-electron chi connectivity index (χ3n) is 4.86. The van der Waals surface area contributed by atoms with Crippen molar-refractivity contribution in [3.63, 3.8) is 0 Å². The molecular formula is C19H24N2O3. The Hall–Kier alpha value is -2.30. The summed E-state index contributed by atoms with van der Waals surface area (Å²) >= 11 is 0. The molecule has 1 aliphatic rings. The van der Waals surface area contributed by atoms with Gasteiger partial charge in [-0.1, -0.05) is 31.4 Å². The molecule has 0 aliphatic heterocycles. The Morgan fingerprint density at radius 2 is 2.00 bits per heavy atom. The number of para-hydroxylation sites is 1. The van der Waals surface area contributed by atoms with Crippen molar-refractivity contribution in [2.45, 2.75) is 45.6 Å². The smallest absolute Gasteiger partial charge is 0.407 e. The average Bonchev–Trinajstić information content (AvgIpc) is 2.62. The Morgan fingerprint density at radius 1 is 1.25 bits per heavy atom. The van der Waals surface area contributed by atoms with Crippen molar-refractivity contribution in [1.82, 2.24) is 10.3 Å². The molecule has 0 saturated heterocycles. The van der Waals surface area contributed by atoms with E-state index in [0.29, 0.717) is 29.1 Å². The molecule has 1 saturated carbocycles. The van der Waals surface area contributed by atoms with Gasteiger partial charge in [-0.25, -0.2) is 4.79 Å². The maximum atomic E-state index is 12.3. The molecule has 24 heavy (non-hydrogen) atoms. The topological polar surface area (TPSA) is 71.2 Å². The van der Waals surface area contributed by atoms with Gasteiger partial charge in [0.1, 0.15) is 6.61 Å². The van der Waals surface area contributed by atoms with E-state index in [0.717, 1.165) is 5.52 Å². The quantitative estimate of drug-likeness (QED) is 0.900. The third-order valence-corrected chi connectivity index (χ3v) is 4.86. The summed E-state index contributed by atoms with van der Waals surface area (Å²) in [6.07, 6.45) is 5.73. The number of pyridine rings is 1. The summed E-state index contributed by atoms with van der Waals surface area (Å²) in [7, 11) is 0. The van der Waals surface area contributed by atoms with E-state index in [1.54, 1.807) is 13.0 Å². The molecule has 5 nitrogen and oxygen atoms in total. The van der Waals surface area contributed by atoms with E-state index in [9.17, 15) is 9.59 Å². The molecule has 1 aliphatic carbocycles. The predicted molar refractivity (Wildman–Crippen MR) is 94.1 cm³/mol. The molecule has 5 heteroatoms. The summed E-state index contributed by atoms with van der Waals surface area (Å²) in [6, 6.07) is 7.35. The summed E-state index contributed by atoms with van der Waals surface area (Å²) < 4.78 is 5.28. The Morgan fingerprint density at radius 3 is 2.79 bits per heavy atom. The van der Waals surface area contributed by atoms with Crippen LogP contribution < -0.4 is 10.7 Å². The van der Waals surface area contributed by atoms with Gasteiger partial charge in [0, 0.05) is 23.0 Å². The highest BCUT2D eigenvalue weighted by Crippen LogP contribution is 2.22. The van der Waals surface area contributed by atoms with Crippen LogP contribution in [0.15, 0.2) is 29.1 Å². The van der Waals surface area contributed by atoms with Crippen LogP contribution >= 0.6 is 0 Å². The van der Waals surface area contributed by atoms with Crippen molar-refractivity contribution in [3.05, 3.63) is 45.7 Å². The molecular weight excluding hydrogens is 304 g/mol. The fraction of sp³-hybridized carbons (Fsp3) is 0.474. The van der Waals surface area contributed by atoms with Crippen molar-refractivity contribution in [2.24, 2.45) is 5.92 Å². The van der Waals surface area contributed by atoms with Gasteiger partial charge in [0.25, 0.3) is 0 Å². The lowest BCUT2D eigenvalue weighted by molar-refractivity contribution is 0.135. The van der Waals surface area contributed by atoms with Crippen LogP contribution in [0, 0.1) is 12.8 Å². The summed E-state index contributed by atoms with van der Waals surface area (Å²) in [6.45, 7) is 2.50. The summed E-state index contributed by atoms with van der Waals surface area (Å²) in [5.74, 6) is 0.563. The summed E-state index contributed by atoms with van der Waals surface area (Å²) in [4.78, 5) is 27.4. The van der Waals surface area contributed by atoms with E-state index >= 15 is 0 Å². The van der Waals surface area contributed by atoms with Crippen molar-refractivity contribution in [2.75, 3.05) is 6.54 Å². The fourth-order valence-corrected chi connectivity index (χ4v) is 3.34. The maximum Gasteiger partial charge on any atom is 0.407 e. The van der Waals surface area contributed by atoms with Crippen LogP contribution in [-0.2, 0) is 11.3 Å². The monoisotopic (exact) mass is 328 g/mol. The largest absolute Gasteiger partial charge is 0.443 e. The van der Waals surface area contributed by atoms with Crippen LogP contribution in [-0.4, -0.2) is 17.6 Å². The number of nitrogens with one attached hydrogen (secondary N) is 2. The molecule has 0 radical (unpaired) electrons. The zero-order valence-corrected chi connectivity index (χ0v) is 14.1. The molecule has 1 aromatic heterocycles. The van der Waals surface area contributed by atoms with E-state index < -0.39 is 6.09 Å². The number of aromatic amines is 1. The average molecular weight is 328 g/mol. The van der Waals surface area contributed by atoms with E-state index in [-0.39, 0.29) is 12.0 Å². The van der Waals surface area contributed by atoms with Crippen LogP contribution in [0.2, 0.25) is 0 Å². The normalized spacial score (nSPS) is 15.4. The van der Waals surface area contributed by atoms with Gasteiger partial charge in [-0.15, -0.1) is 0 Å². The zero-order chi connectivity index (χ0) is 16.9. The van der Waals surface area contributed by atoms with Crippen molar-refractivity contribution >= 4 is 17.0 Å². The lowest BCUT2D eigenvalue weighted by atomic mass is 9.89. The van der Waals surface area contributed by atoms with Gasteiger partial charge < -0.3 is 15.0 Å². The Kier molecular flexibility index (Phi) is 5.18. The highest BCUT2D eigenvalue weighted by atomic mass is 16.5. The number of alkyl carbamates (subject to hydrolysis) is 1. The van der Waals surface area contributed by atoms with E-state index in [1.807, 2.05) is 18.2 Å². The number of H-pyrrole nitrogens is 1. The highest BCUT2D eigenvalue weighted by molar-refractivity contribution is 5.79. The number of amides is 1. The second-order valence-corrected chi connectivity index (χ2v) is 6.56. The molecule has 2 N–H and O–H groups in total. The minimum Gasteiger partial charge on any atom is -0.443 e. The predicted octanol–water partition coefficient (Wildman–Crippen LogP) is 3.64. The van der Waals surface area contributed by atoms with Crippen LogP contribution in [0.5, 0.6) is 0 Å². The molecule has 128 valence electrons. The first kappa shape index (κ1) is 16.6. The number of ether oxygens (including phenoxy) is 1. The third kappa shape index (κ3) is 3.78. The Bertz CT molecular complexity index is 776. The molecule has 2 aromatic rings. The summed E-state index contributed by atoms with van der Waals surface area (Å²) in [5, 5.41) is 3.49. The molecule has 1 fully saturated rings. The van der Waals surface area contributed by atoms with Gasteiger partial charge in [0.2, 0.25) is 0 Å². The molecule has 1 amide bonds. The number of fused-ring (bicyclic) bond motifs is 1. The van der Waals surface area contributed by atoms with Gasteiger partial charge in [-0.3, -0.25) is 4.79 Å². The summed E-state index contributed by atoms with van der Waals surface area (Å²) in [5.41, 5.74) is 1.97. The second kappa shape index (κ2) is 7.51. The van der Waals surface area contributed by atoms with E-state index in [2.05, 4.69) is 10.3 Å². The number of carbonyl (C=O) groups is 1. The van der Waals surface area contributed by atoms with Crippen molar-refractivity contribution in [3.8, 4) is 0 Å². The fourth-order valence-electron chi connectivity index (χ4n) is 3.34. The zero-order valence-electron chi connectivity index (χ0n) is 14.1. The van der Waals surface area contributed by atoms with Crippen molar-refractivity contribution < 1.29 is 9.53 Å². The molecule has 0 unspecified atom stereocenters. The molecule has 1 aromatic carbocycles. The van der Waals surface area contributed by atoms with Crippen LogP contribution in [0.1, 0.15) is 43.4 Å². The van der Waals surface area contributed by atoms with Crippen LogP contribution in [0.25, 0.3) is 10.9 Å². The van der Waals surface area contributed by atoms with Gasteiger partial charge >= 0.3 is 6.09 Å². The Labute approximate surface area is 141 Å². The highest BCUT2D eigenvalue weighted by Gasteiger charge is 2.15. The standard InChI is InChI=1S/C19H24N2O3/c1-13-17(21-16-10-6-5-9-15(16)18(13)22)12-24-19(23)20-11-14-7-3-2-4-8-14/h5-6,9-10,14H,2-4,7-8,11-12H2,1H3,(H,20,23)(H,21,22). The van der Waals surface area contributed by atoms with Crippen molar-refractivity contribution in [1.29, 1.82) is 0 Å². The SMILES string of the molecule is Cc1c(COC(=O)NCC2CCCCC2)[nH]c2ccccc2c1=O. The number of benzene rings is 1. The first-order valence-electron chi connectivity index (χ1n) is 8.66. The van der Waals surface area contributed by atoms with Crippen LogP contribution in [0.3, 0.4) is 0 Å². The number of hydrogen-bond donors (Lipinski definition) is 2. The molecule has 0 spiro atoms. The molecule has 3 rings (SSSR count). The molecule has 0 bridgehead atoms. The number of carbonyl (C=O) groups excluding carboxylic acids is 1. The minimum absolute atomic E-state index is 0.0226. The lowest BCUT2D eigenvalue weighted by Crippen LogP contribution is -2.31. The van der Waals surface area contributed by atoms with E-state index in [4.69, 9.17) is 4.74 Å². The van der Waals surface area contributed by atoms with Gasteiger partial charge in [-0.05, 0) is 37.8 Å². The molecule has 1 heterocycles. The molecule has 0 atom stereocenters. The number of aromatic nitrogens is 1. The van der Waals surface area contributed by atoms with E-state index in [1.165, 1.54) is 32.1 Å². The van der Waals surface area contributed by atoms with Gasteiger partial charge in [0.05, 0.1) is 5.69 Å². The van der Waals surface area contributed by atoms with Gasteiger partial charge in [0.15, 0.2) is 5.43 Å². The maximum absolute atomic E-state index is 12.3. The second-order valence-electron chi connectivity index (χ2n) is 6.56. The lowest BCUT2D eigenvalue weighted by Gasteiger charge is -2.21. The van der Waals surface area contributed by atoms with Gasteiger partial charge in [-0.2, -0.15) is 0 Å². The Balaban J connectivity index is 1.59. The van der Waals surface area contributed by atoms with Crippen LogP contribution in [0.4, 0.5) is 4.79 Å². The number of rotatable bonds is 4. The minimum atomic E-state index is -0.422. The first-order chi connectivity index (χ1) is 11.6.